The Balaban J connectivity index is 1.65. The summed E-state index contributed by atoms with van der Waals surface area (Å²) in [5.41, 5.74) is 2.54. The third-order valence-electron chi connectivity index (χ3n) is 4.57. The predicted octanol–water partition coefficient (Wildman–Crippen LogP) is 4.55. The number of carbonyl (C=O) groups excluding carboxylic acids is 1. The molecule has 0 saturated heterocycles. The monoisotopic (exact) mass is 364 g/mol. The number of para-hydroxylation sites is 1. The number of halogens is 1. The molecule has 1 N–H and O–H groups in total. The average Bonchev–Trinajstić information content (AvgIpc) is 2.67. The van der Waals surface area contributed by atoms with Gasteiger partial charge >= 0.3 is 5.97 Å². The molecule has 0 aliphatic carbocycles. The zero-order valence-corrected chi connectivity index (χ0v) is 14.4. The number of benzene rings is 3. The number of esters is 1. The van der Waals surface area contributed by atoms with Gasteiger partial charge in [-0.05, 0) is 29.8 Å². The van der Waals surface area contributed by atoms with Gasteiger partial charge in [0.25, 0.3) is 0 Å². The van der Waals surface area contributed by atoms with E-state index in [4.69, 9.17) is 9.47 Å². The highest BCUT2D eigenvalue weighted by Gasteiger charge is 2.30. The highest BCUT2D eigenvalue weighted by molar-refractivity contribution is 5.78. The van der Waals surface area contributed by atoms with E-state index in [9.17, 15) is 14.3 Å². The minimum atomic E-state index is -0.355. The summed E-state index contributed by atoms with van der Waals surface area (Å²) in [5, 5.41) is 9.67. The maximum Gasteiger partial charge on any atom is 0.312 e. The van der Waals surface area contributed by atoms with Gasteiger partial charge in [0.2, 0.25) is 0 Å². The lowest BCUT2D eigenvalue weighted by Crippen LogP contribution is -2.21. The molecule has 1 heterocycles. The molecule has 1 aliphatic heterocycles. The second kappa shape index (κ2) is 7.11. The van der Waals surface area contributed by atoms with Crippen LogP contribution in [0.15, 0.2) is 66.7 Å². The van der Waals surface area contributed by atoms with Crippen molar-refractivity contribution in [2.75, 3.05) is 0 Å². The van der Waals surface area contributed by atoms with Crippen molar-refractivity contribution in [1.29, 1.82) is 0 Å². The van der Waals surface area contributed by atoms with Gasteiger partial charge in [0.1, 0.15) is 29.7 Å². The van der Waals surface area contributed by atoms with E-state index >= 15 is 0 Å². The lowest BCUT2D eigenvalue weighted by atomic mass is 9.86. The predicted molar refractivity (Wildman–Crippen MR) is 97.4 cm³/mol. The number of fused-ring (bicyclic) bond motifs is 1. The Kier molecular flexibility index (Phi) is 4.50. The molecular weight excluding hydrogens is 347 g/mol. The van der Waals surface area contributed by atoms with Gasteiger partial charge in [0.05, 0.1) is 6.42 Å². The van der Waals surface area contributed by atoms with Gasteiger partial charge in [-0.3, -0.25) is 4.79 Å². The van der Waals surface area contributed by atoms with Crippen molar-refractivity contribution in [3.05, 3.63) is 89.2 Å². The third-order valence-corrected chi connectivity index (χ3v) is 4.57. The summed E-state index contributed by atoms with van der Waals surface area (Å²) in [4.78, 5) is 12.1. The number of carbonyl (C=O) groups is 1. The van der Waals surface area contributed by atoms with Gasteiger partial charge < -0.3 is 14.6 Å². The zero-order chi connectivity index (χ0) is 18.8. The molecule has 1 aliphatic rings. The van der Waals surface area contributed by atoms with Crippen LogP contribution in [-0.2, 0) is 11.4 Å². The molecule has 4 rings (SSSR count). The standard InChI is InChI=1S/C22H17FO4/c23-15-7-5-14(6-8-15)13-26-20-4-2-1-3-17(20)19-12-22(25)27-21-11-16(24)9-10-18(19)21/h1-11,19,24H,12-13H2. The fourth-order valence-corrected chi connectivity index (χ4v) is 3.26. The molecule has 3 aromatic carbocycles. The average molecular weight is 364 g/mol. The second-order valence-corrected chi connectivity index (χ2v) is 6.41. The summed E-state index contributed by atoms with van der Waals surface area (Å²) in [7, 11) is 0. The summed E-state index contributed by atoms with van der Waals surface area (Å²) in [6.45, 7) is 0.289. The van der Waals surface area contributed by atoms with Crippen molar-refractivity contribution >= 4 is 5.97 Å². The molecule has 5 heteroatoms. The van der Waals surface area contributed by atoms with Crippen LogP contribution in [0, 0.1) is 5.82 Å². The number of phenols is 1. The first kappa shape index (κ1) is 17.1. The fourth-order valence-electron chi connectivity index (χ4n) is 3.26. The van der Waals surface area contributed by atoms with Crippen molar-refractivity contribution in [3.63, 3.8) is 0 Å². The molecule has 0 amide bonds. The zero-order valence-electron chi connectivity index (χ0n) is 14.4. The van der Waals surface area contributed by atoms with Crippen LogP contribution in [0.4, 0.5) is 4.39 Å². The van der Waals surface area contributed by atoms with Gasteiger partial charge in [-0.2, -0.15) is 0 Å². The lowest BCUT2D eigenvalue weighted by Gasteiger charge is -2.26. The number of hydrogen-bond donors (Lipinski definition) is 1. The molecule has 1 atom stereocenters. The van der Waals surface area contributed by atoms with Crippen LogP contribution in [-0.4, -0.2) is 11.1 Å². The van der Waals surface area contributed by atoms with Gasteiger partial charge in [0.15, 0.2) is 0 Å². The molecule has 4 nitrogen and oxygen atoms in total. The Hall–Kier alpha value is -3.34. The van der Waals surface area contributed by atoms with E-state index in [2.05, 4.69) is 0 Å². The maximum absolute atomic E-state index is 13.1. The van der Waals surface area contributed by atoms with E-state index in [1.807, 2.05) is 24.3 Å². The topological polar surface area (TPSA) is 55.8 Å². The Morgan fingerprint density at radius 2 is 1.81 bits per heavy atom. The molecule has 1 unspecified atom stereocenters. The molecule has 0 fully saturated rings. The summed E-state index contributed by atoms with van der Waals surface area (Å²) >= 11 is 0. The van der Waals surface area contributed by atoms with E-state index in [-0.39, 0.29) is 36.5 Å². The summed E-state index contributed by atoms with van der Waals surface area (Å²) in [6, 6.07) is 18.4. The van der Waals surface area contributed by atoms with Crippen molar-refractivity contribution in [2.45, 2.75) is 18.9 Å². The van der Waals surface area contributed by atoms with Crippen molar-refractivity contribution in [1.82, 2.24) is 0 Å². The van der Waals surface area contributed by atoms with Gasteiger partial charge in [-0.25, -0.2) is 4.39 Å². The van der Waals surface area contributed by atoms with Crippen LogP contribution in [0.1, 0.15) is 29.0 Å². The van der Waals surface area contributed by atoms with Crippen LogP contribution in [0.3, 0.4) is 0 Å². The van der Waals surface area contributed by atoms with Crippen LogP contribution in [0.2, 0.25) is 0 Å². The van der Waals surface area contributed by atoms with Crippen LogP contribution >= 0.6 is 0 Å². The first-order chi connectivity index (χ1) is 13.1. The molecule has 3 aromatic rings. The Bertz CT molecular complexity index is 982. The van der Waals surface area contributed by atoms with E-state index < -0.39 is 0 Å². The molecule has 136 valence electrons. The Labute approximate surface area is 155 Å². The highest BCUT2D eigenvalue weighted by Crippen LogP contribution is 2.43. The molecule has 0 spiro atoms. The van der Waals surface area contributed by atoms with Gasteiger partial charge in [-0.15, -0.1) is 0 Å². The Morgan fingerprint density at radius 3 is 2.63 bits per heavy atom. The van der Waals surface area contributed by atoms with Gasteiger partial charge in [-0.1, -0.05) is 36.4 Å². The lowest BCUT2D eigenvalue weighted by molar-refractivity contribution is -0.135. The number of phenolic OH excluding ortho intramolecular Hbond substituents is 1. The van der Waals surface area contributed by atoms with Crippen molar-refractivity contribution < 1.29 is 23.8 Å². The molecule has 0 saturated carbocycles. The normalized spacial score (nSPS) is 15.7. The van der Waals surface area contributed by atoms with Crippen LogP contribution in [0.25, 0.3) is 0 Å². The first-order valence-corrected chi connectivity index (χ1v) is 8.60. The first-order valence-electron chi connectivity index (χ1n) is 8.60. The van der Waals surface area contributed by atoms with Crippen LogP contribution < -0.4 is 9.47 Å². The van der Waals surface area contributed by atoms with Crippen molar-refractivity contribution in [2.24, 2.45) is 0 Å². The smallest absolute Gasteiger partial charge is 0.312 e. The molecule has 0 aromatic heterocycles. The fraction of sp³-hybridized carbons (Fsp3) is 0.136. The van der Waals surface area contributed by atoms with Crippen molar-refractivity contribution in [3.8, 4) is 17.2 Å². The quantitative estimate of drug-likeness (QED) is 0.545. The van der Waals surface area contributed by atoms with Gasteiger partial charge in [0, 0.05) is 23.1 Å². The highest BCUT2D eigenvalue weighted by atomic mass is 19.1. The summed E-state index contributed by atoms with van der Waals surface area (Å²) in [5.74, 6) is 0.186. The minimum Gasteiger partial charge on any atom is -0.508 e. The largest absolute Gasteiger partial charge is 0.508 e. The number of aromatic hydroxyl groups is 1. The summed E-state index contributed by atoms with van der Waals surface area (Å²) < 4.78 is 24.3. The maximum atomic E-state index is 13.1. The molecule has 27 heavy (non-hydrogen) atoms. The van der Waals surface area contributed by atoms with E-state index in [0.717, 1.165) is 16.7 Å². The Morgan fingerprint density at radius 1 is 1.04 bits per heavy atom. The SMILES string of the molecule is O=C1CC(c2ccccc2OCc2ccc(F)cc2)c2ccc(O)cc2O1. The third kappa shape index (κ3) is 3.62. The number of hydrogen-bond acceptors (Lipinski definition) is 4. The van der Waals surface area contributed by atoms with E-state index in [0.29, 0.717) is 11.5 Å². The van der Waals surface area contributed by atoms with E-state index in [1.54, 1.807) is 24.3 Å². The molecule has 0 bridgehead atoms. The minimum absolute atomic E-state index is 0.0445. The number of rotatable bonds is 4. The molecular formula is C22H17FO4. The van der Waals surface area contributed by atoms with Crippen LogP contribution in [0.5, 0.6) is 17.2 Å². The number of ether oxygens (including phenoxy) is 2. The molecule has 0 radical (unpaired) electrons. The second-order valence-electron chi connectivity index (χ2n) is 6.41. The van der Waals surface area contributed by atoms with E-state index in [1.165, 1.54) is 18.2 Å². The summed E-state index contributed by atoms with van der Waals surface area (Å²) in [6.07, 6.45) is 0.189.